The van der Waals surface area contributed by atoms with E-state index in [1.54, 1.807) is 17.8 Å². The highest BCUT2D eigenvalue weighted by Crippen LogP contribution is 2.35. The molecule has 0 amide bonds. The lowest BCUT2D eigenvalue weighted by Gasteiger charge is -2.23. The Bertz CT molecular complexity index is 176. The van der Waals surface area contributed by atoms with Crippen LogP contribution in [0.25, 0.3) is 0 Å². The van der Waals surface area contributed by atoms with Gasteiger partial charge in [-0.1, -0.05) is 20.8 Å². The fourth-order valence-corrected chi connectivity index (χ4v) is 1.96. The molecule has 0 aromatic rings. The van der Waals surface area contributed by atoms with Gasteiger partial charge in [-0.25, -0.2) is 0 Å². The molecule has 0 aliphatic carbocycles. The van der Waals surface area contributed by atoms with E-state index in [9.17, 15) is 4.79 Å². The molecule has 0 radical (unpaired) electrons. The summed E-state index contributed by atoms with van der Waals surface area (Å²) in [6, 6.07) is 0. The lowest BCUT2D eigenvalue weighted by atomic mass is 9.89. The summed E-state index contributed by atoms with van der Waals surface area (Å²) in [6.07, 6.45) is 1.67. The van der Waals surface area contributed by atoms with Gasteiger partial charge in [0.2, 0.25) is 0 Å². The molecule has 1 heterocycles. The summed E-state index contributed by atoms with van der Waals surface area (Å²) in [7, 11) is 0. The normalized spacial score (nSPS) is 25.9. The third kappa shape index (κ3) is 1.43. The maximum atomic E-state index is 11.1. The second-order valence-electron chi connectivity index (χ2n) is 3.59. The summed E-state index contributed by atoms with van der Waals surface area (Å²) < 4.78 is 0. The van der Waals surface area contributed by atoms with Crippen LogP contribution in [0.5, 0.6) is 0 Å². The number of carbonyl (C=O) groups is 1. The van der Waals surface area contributed by atoms with E-state index in [2.05, 4.69) is 20.8 Å². The Balaban J connectivity index is 2.69. The number of ketones is 1. The Morgan fingerprint density at radius 2 is 2.10 bits per heavy atom. The SMILES string of the molecule is CC(C)(C)C1SC=CC1=O. The van der Waals surface area contributed by atoms with Gasteiger partial charge in [0.1, 0.15) is 0 Å². The maximum absolute atomic E-state index is 11.1. The molecule has 0 saturated heterocycles. The highest BCUT2D eigenvalue weighted by atomic mass is 32.2. The lowest BCUT2D eigenvalue weighted by molar-refractivity contribution is -0.115. The smallest absolute Gasteiger partial charge is 0.170 e. The minimum Gasteiger partial charge on any atom is -0.294 e. The average molecular weight is 156 g/mol. The highest BCUT2D eigenvalue weighted by Gasteiger charge is 2.32. The Labute approximate surface area is 65.9 Å². The molecule has 0 aromatic carbocycles. The van der Waals surface area contributed by atoms with Crippen molar-refractivity contribution in [2.75, 3.05) is 0 Å². The van der Waals surface area contributed by atoms with Crippen molar-refractivity contribution >= 4 is 17.5 Å². The first-order chi connectivity index (χ1) is 4.52. The van der Waals surface area contributed by atoms with Crippen molar-refractivity contribution in [1.29, 1.82) is 0 Å². The molecule has 1 rings (SSSR count). The van der Waals surface area contributed by atoms with Crippen molar-refractivity contribution < 1.29 is 4.79 Å². The number of thioether (sulfide) groups is 1. The van der Waals surface area contributed by atoms with Gasteiger partial charge in [0.15, 0.2) is 5.78 Å². The predicted octanol–water partition coefficient (Wildman–Crippen LogP) is 2.23. The maximum Gasteiger partial charge on any atom is 0.170 e. The van der Waals surface area contributed by atoms with Crippen LogP contribution >= 0.6 is 11.8 Å². The average Bonchev–Trinajstić information content (AvgIpc) is 2.11. The molecule has 0 fully saturated rings. The minimum atomic E-state index is 0.102. The quantitative estimate of drug-likeness (QED) is 0.535. The van der Waals surface area contributed by atoms with Gasteiger partial charge in [0.25, 0.3) is 0 Å². The van der Waals surface area contributed by atoms with Crippen molar-refractivity contribution in [2.45, 2.75) is 26.0 Å². The monoisotopic (exact) mass is 156 g/mol. The Morgan fingerprint density at radius 3 is 2.30 bits per heavy atom. The van der Waals surface area contributed by atoms with Gasteiger partial charge in [-0.05, 0) is 16.9 Å². The summed E-state index contributed by atoms with van der Waals surface area (Å²) in [5.41, 5.74) is 0.102. The van der Waals surface area contributed by atoms with E-state index >= 15 is 0 Å². The number of hydrogen-bond donors (Lipinski definition) is 0. The molecule has 1 nitrogen and oxygen atoms in total. The zero-order valence-electron chi connectivity index (χ0n) is 6.55. The van der Waals surface area contributed by atoms with E-state index in [0.29, 0.717) is 0 Å². The molecular formula is C8H12OS. The van der Waals surface area contributed by atoms with Crippen LogP contribution in [0.1, 0.15) is 20.8 Å². The molecule has 0 N–H and O–H groups in total. The Kier molecular flexibility index (Phi) is 1.90. The third-order valence-electron chi connectivity index (χ3n) is 1.49. The van der Waals surface area contributed by atoms with Gasteiger partial charge in [-0.15, -0.1) is 11.8 Å². The van der Waals surface area contributed by atoms with Gasteiger partial charge >= 0.3 is 0 Å². The van der Waals surface area contributed by atoms with Gasteiger partial charge in [0, 0.05) is 0 Å². The van der Waals surface area contributed by atoms with Crippen LogP contribution in [0.3, 0.4) is 0 Å². The van der Waals surface area contributed by atoms with Crippen LogP contribution in [-0.4, -0.2) is 11.0 Å². The van der Waals surface area contributed by atoms with Gasteiger partial charge in [-0.3, -0.25) is 4.79 Å². The molecule has 56 valence electrons. The van der Waals surface area contributed by atoms with Crippen LogP contribution in [0, 0.1) is 5.41 Å². The standard InChI is InChI=1S/C8H12OS/c1-8(2,3)7-6(9)4-5-10-7/h4-5,7H,1-3H3. The van der Waals surface area contributed by atoms with E-state index in [1.807, 2.05) is 5.41 Å². The molecule has 1 aliphatic heterocycles. The zero-order valence-corrected chi connectivity index (χ0v) is 7.37. The van der Waals surface area contributed by atoms with Crippen molar-refractivity contribution in [3.05, 3.63) is 11.5 Å². The largest absolute Gasteiger partial charge is 0.294 e. The van der Waals surface area contributed by atoms with E-state index in [-0.39, 0.29) is 16.4 Å². The number of carbonyl (C=O) groups excluding carboxylic acids is 1. The van der Waals surface area contributed by atoms with Crippen LogP contribution in [0.2, 0.25) is 0 Å². The van der Waals surface area contributed by atoms with Gasteiger partial charge in [0.05, 0.1) is 5.25 Å². The second kappa shape index (κ2) is 2.42. The molecule has 1 atom stereocenters. The third-order valence-corrected chi connectivity index (χ3v) is 3.00. The van der Waals surface area contributed by atoms with E-state index in [4.69, 9.17) is 0 Å². The molecule has 0 aromatic heterocycles. The summed E-state index contributed by atoms with van der Waals surface area (Å²) in [5, 5.41) is 2.03. The zero-order chi connectivity index (χ0) is 7.78. The topological polar surface area (TPSA) is 17.1 Å². The highest BCUT2D eigenvalue weighted by molar-refractivity contribution is 8.04. The van der Waals surface area contributed by atoms with Crippen LogP contribution in [0.4, 0.5) is 0 Å². The first-order valence-electron chi connectivity index (χ1n) is 3.37. The van der Waals surface area contributed by atoms with Gasteiger partial charge < -0.3 is 0 Å². The van der Waals surface area contributed by atoms with E-state index < -0.39 is 0 Å². The molecule has 1 unspecified atom stereocenters. The molecular weight excluding hydrogens is 144 g/mol. The van der Waals surface area contributed by atoms with Crippen molar-refractivity contribution in [2.24, 2.45) is 5.41 Å². The molecule has 10 heavy (non-hydrogen) atoms. The first-order valence-corrected chi connectivity index (χ1v) is 4.32. The molecule has 0 spiro atoms. The fraction of sp³-hybridized carbons (Fsp3) is 0.625. The van der Waals surface area contributed by atoms with Crippen LogP contribution in [-0.2, 0) is 4.79 Å². The summed E-state index contributed by atoms with van der Waals surface area (Å²) in [5.74, 6) is 0.262. The molecule has 0 saturated carbocycles. The van der Waals surface area contributed by atoms with Crippen molar-refractivity contribution in [1.82, 2.24) is 0 Å². The van der Waals surface area contributed by atoms with Crippen molar-refractivity contribution in [3.8, 4) is 0 Å². The van der Waals surface area contributed by atoms with Crippen molar-refractivity contribution in [3.63, 3.8) is 0 Å². The predicted molar refractivity (Wildman–Crippen MR) is 45.0 cm³/mol. The summed E-state index contributed by atoms with van der Waals surface area (Å²) in [4.78, 5) is 11.1. The van der Waals surface area contributed by atoms with Crippen LogP contribution < -0.4 is 0 Å². The summed E-state index contributed by atoms with van der Waals surface area (Å²) >= 11 is 1.63. The van der Waals surface area contributed by atoms with Gasteiger partial charge in [-0.2, -0.15) is 0 Å². The number of rotatable bonds is 0. The minimum absolute atomic E-state index is 0.102. The van der Waals surface area contributed by atoms with E-state index in [1.165, 1.54) is 0 Å². The molecule has 0 bridgehead atoms. The lowest BCUT2D eigenvalue weighted by Crippen LogP contribution is -2.27. The fourth-order valence-electron chi connectivity index (χ4n) is 0.970. The molecule has 2 heteroatoms. The van der Waals surface area contributed by atoms with Crippen LogP contribution in [0.15, 0.2) is 11.5 Å². The Morgan fingerprint density at radius 1 is 1.50 bits per heavy atom. The first kappa shape index (κ1) is 7.86. The van der Waals surface area contributed by atoms with E-state index in [0.717, 1.165) is 0 Å². The number of hydrogen-bond acceptors (Lipinski definition) is 2. The number of allylic oxidation sites excluding steroid dienone is 1. The molecule has 1 aliphatic rings. The Hall–Kier alpha value is -0.240. The second-order valence-corrected chi connectivity index (χ2v) is 4.60. The summed E-state index contributed by atoms with van der Waals surface area (Å²) in [6.45, 7) is 6.28.